The third-order valence-corrected chi connectivity index (χ3v) is 3.55. The molecule has 0 aromatic carbocycles. The fraction of sp³-hybridized carbons (Fsp3) is 0.636. The molecule has 0 amide bonds. The van der Waals surface area contributed by atoms with E-state index in [4.69, 9.17) is 4.74 Å². The molecule has 1 aromatic rings. The van der Waals surface area contributed by atoms with E-state index in [-0.39, 0.29) is 0 Å². The summed E-state index contributed by atoms with van der Waals surface area (Å²) in [6, 6.07) is 0. The molecule has 1 fully saturated rings. The molecule has 1 aliphatic heterocycles. The van der Waals surface area contributed by atoms with Crippen LogP contribution in [0, 0.1) is 8.99 Å². The van der Waals surface area contributed by atoms with Crippen LogP contribution in [0.1, 0.15) is 19.8 Å². The molecule has 5 heteroatoms. The van der Waals surface area contributed by atoms with Crippen molar-refractivity contribution in [1.29, 1.82) is 0 Å². The van der Waals surface area contributed by atoms with Crippen LogP contribution in [0.5, 0.6) is 0 Å². The van der Waals surface area contributed by atoms with E-state index in [0.29, 0.717) is 11.4 Å². The molecule has 1 aromatic heterocycles. The zero-order chi connectivity index (χ0) is 11.4. The molecule has 88 valence electrons. The van der Waals surface area contributed by atoms with Crippen LogP contribution in [0.25, 0.3) is 0 Å². The first-order valence-electron chi connectivity index (χ1n) is 5.47. The second kappa shape index (κ2) is 5.27. The van der Waals surface area contributed by atoms with Crippen LogP contribution in [-0.4, -0.2) is 29.7 Å². The molecule has 1 N–H and O–H groups in total. The van der Waals surface area contributed by atoms with E-state index >= 15 is 0 Å². The zero-order valence-corrected chi connectivity index (χ0v) is 11.5. The Labute approximate surface area is 109 Å². The minimum atomic E-state index is 0.310. The van der Waals surface area contributed by atoms with E-state index in [2.05, 4.69) is 44.8 Å². The highest BCUT2D eigenvalue weighted by molar-refractivity contribution is 14.1. The molecular weight excluding hydrogens is 317 g/mol. The van der Waals surface area contributed by atoms with E-state index in [1.807, 2.05) is 12.4 Å². The normalized spacial score (nSPS) is 19.4. The second-order valence-electron chi connectivity index (χ2n) is 4.50. The van der Waals surface area contributed by atoms with Crippen LogP contribution in [-0.2, 0) is 4.74 Å². The Hall–Kier alpha value is -0.430. The van der Waals surface area contributed by atoms with Crippen LogP contribution >= 0.6 is 22.6 Å². The molecule has 1 aliphatic rings. The number of halogens is 1. The summed E-state index contributed by atoms with van der Waals surface area (Å²) < 4.78 is 6.43. The minimum Gasteiger partial charge on any atom is -0.381 e. The lowest BCUT2D eigenvalue weighted by atomic mass is 9.82. The maximum absolute atomic E-state index is 5.37. The van der Waals surface area contributed by atoms with Crippen molar-refractivity contribution in [2.45, 2.75) is 19.8 Å². The van der Waals surface area contributed by atoms with Crippen LogP contribution in [0.3, 0.4) is 0 Å². The number of nitrogens with zero attached hydrogens (tertiary/aromatic N) is 2. The van der Waals surface area contributed by atoms with Gasteiger partial charge in [0.15, 0.2) is 0 Å². The summed E-state index contributed by atoms with van der Waals surface area (Å²) in [5.74, 6) is 0.716. The Morgan fingerprint density at radius 1 is 1.38 bits per heavy atom. The third-order valence-electron chi connectivity index (χ3n) is 2.99. The lowest BCUT2D eigenvalue weighted by molar-refractivity contribution is 0.0299. The van der Waals surface area contributed by atoms with Gasteiger partial charge in [0.05, 0.1) is 0 Å². The van der Waals surface area contributed by atoms with Crippen molar-refractivity contribution in [2.75, 3.05) is 25.1 Å². The molecular formula is C11H16IN3O. The third kappa shape index (κ3) is 3.28. The van der Waals surface area contributed by atoms with E-state index in [9.17, 15) is 0 Å². The quantitative estimate of drug-likeness (QED) is 0.863. The zero-order valence-electron chi connectivity index (χ0n) is 9.37. The molecule has 4 nitrogen and oxygen atoms in total. The lowest BCUT2D eigenvalue weighted by Gasteiger charge is -2.33. The summed E-state index contributed by atoms with van der Waals surface area (Å²) in [5.41, 5.74) is 0.310. The van der Waals surface area contributed by atoms with Crippen LogP contribution in [0.15, 0.2) is 12.4 Å². The topological polar surface area (TPSA) is 47.0 Å². The smallest absolute Gasteiger partial charge is 0.222 e. The number of ether oxygens (including phenoxy) is 1. The second-order valence-corrected chi connectivity index (χ2v) is 5.75. The van der Waals surface area contributed by atoms with Crippen molar-refractivity contribution >= 4 is 28.5 Å². The summed E-state index contributed by atoms with van der Waals surface area (Å²) in [6.45, 7) is 4.93. The van der Waals surface area contributed by atoms with Crippen molar-refractivity contribution < 1.29 is 4.74 Å². The van der Waals surface area contributed by atoms with Gasteiger partial charge < -0.3 is 10.1 Å². The Bertz CT molecular complexity index is 336. The summed E-state index contributed by atoms with van der Waals surface area (Å²) in [6.07, 6.45) is 5.85. The largest absolute Gasteiger partial charge is 0.381 e. The summed E-state index contributed by atoms with van der Waals surface area (Å²) in [5, 5.41) is 3.30. The SMILES string of the molecule is CC1(CNc2ncc(I)cn2)CCOCC1. The molecule has 0 radical (unpaired) electrons. The number of rotatable bonds is 3. The molecule has 1 saturated heterocycles. The summed E-state index contributed by atoms with van der Waals surface area (Å²) in [4.78, 5) is 8.47. The van der Waals surface area contributed by atoms with Gasteiger partial charge in [0.25, 0.3) is 0 Å². The average Bonchev–Trinajstić information content (AvgIpc) is 2.29. The minimum absolute atomic E-state index is 0.310. The standard InChI is InChI=1S/C11H16IN3O/c1-11(2-4-16-5-3-11)8-15-10-13-6-9(12)7-14-10/h6-7H,2-5,8H2,1H3,(H,13,14,15). The Morgan fingerprint density at radius 2 is 2.00 bits per heavy atom. The Morgan fingerprint density at radius 3 is 2.62 bits per heavy atom. The highest BCUT2D eigenvalue weighted by Crippen LogP contribution is 2.29. The van der Waals surface area contributed by atoms with E-state index in [0.717, 1.165) is 36.2 Å². The van der Waals surface area contributed by atoms with Crippen molar-refractivity contribution in [3.05, 3.63) is 16.0 Å². The molecule has 2 rings (SSSR count). The van der Waals surface area contributed by atoms with Crippen LogP contribution in [0.2, 0.25) is 0 Å². The predicted molar refractivity (Wildman–Crippen MR) is 71.4 cm³/mol. The van der Waals surface area contributed by atoms with Crippen LogP contribution in [0.4, 0.5) is 5.95 Å². The van der Waals surface area contributed by atoms with Gasteiger partial charge in [-0.2, -0.15) is 0 Å². The van der Waals surface area contributed by atoms with Gasteiger partial charge in [-0.25, -0.2) is 9.97 Å². The Kier molecular flexibility index (Phi) is 3.96. The first-order valence-corrected chi connectivity index (χ1v) is 6.55. The molecule has 0 spiro atoms. The summed E-state index contributed by atoms with van der Waals surface area (Å²) in [7, 11) is 0. The van der Waals surface area contributed by atoms with E-state index in [1.54, 1.807) is 0 Å². The average molecular weight is 333 g/mol. The molecule has 0 atom stereocenters. The lowest BCUT2D eigenvalue weighted by Crippen LogP contribution is -2.33. The first kappa shape index (κ1) is 12.0. The fourth-order valence-electron chi connectivity index (χ4n) is 1.74. The van der Waals surface area contributed by atoms with Gasteiger partial charge in [-0.05, 0) is 40.8 Å². The number of anilines is 1. The van der Waals surface area contributed by atoms with E-state index < -0.39 is 0 Å². The van der Waals surface area contributed by atoms with Crippen molar-refractivity contribution in [2.24, 2.45) is 5.41 Å². The number of aromatic nitrogens is 2. The van der Waals surface area contributed by atoms with Crippen LogP contribution < -0.4 is 5.32 Å². The van der Waals surface area contributed by atoms with Crippen molar-refractivity contribution in [3.8, 4) is 0 Å². The monoisotopic (exact) mass is 333 g/mol. The van der Waals surface area contributed by atoms with E-state index in [1.165, 1.54) is 0 Å². The fourth-order valence-corrected chi connectivity index (χ4v) is 2.02. The molecule has 0 bridgehead atoms. The number of nitrogens with one attached hydrogen (secondary N) is 1. The number of hydrogen-bond acceptors (Lipinski definition) is 4. The first-order chi connectivity index (χ1) is 7.68. The molecule has 16 heavy (non-hydrogen) atoms. The highest BCUT2D eigenvalue weighted by atomic mass is 127. The van der Waals surface area contributed by atoms with Gasteiger partial charge in [0, 0.05) is 35.7 Å². The Balaban J connectivity index is 1.88. The molecule has 0 unspecified atom stereocenters. The van der Waals surface area contributed by atoms with Gasteiger partial charge in [-0.3, -0.25) is 0 Å². The predicted octanol–water partition coefficient (Wildman–Crippen LogP) is 2.31. The van der Waals surface area contributed by atoms with Crippen molar-refractivity contribution in [1.82, 2.24) is 9.97 Å². The number of hydrogen-bond donors (Lipinski definition) is 1. The summed E-state index contributed by atoms with van der Waals surface area (Å²) >= 11 is 2.20. The van der Waals surface area contributed by atoms with Gasteiger partial charge >= 0.3 is 0 Å². The van der Waals surface area contributed by atoms with Gasteiger partial charge in [0.1, 0.15) is 0 Å². The van der Waals surface area contributed by atoms with Gasteiger partial charge in [0.2, 0.25) is 5.95 Å². The highest BCUT2D eigenvalue weighted by Gasteiger charge is 2.27. The maximum atomic E-state index is 5.37. The maximum Gasteiger partial charge on any atom is 0.222 e. The van der Waals surface area contributed by atoms with Gasteiger partial charge in [-0.1, -0.05) is 6.92 Å². The van der Waals surface area contributed by atoms with Gasteiger partial charge in [-0.15, -0.1) is 0 Å². The molecule has 0 saturated carbocycles. The molecule has 2 heterocycles. The van der Waals surface area contributed by atoms with Crippen molar-refractivity contribution in [3.63, 3.8) is 0 Å². The molecule has 0 aliphatic carbocycles.